The lowest BCUT2D eigenvalue weighted by Gasteiger charge is -2.27. The van der Waals surface area contributed by atoms with Crippen LogP contribution in [0.4, 0.5) is 11.4 Å². The first-order chi connectivity index (χ1) is 12.8. The summed E-state index contributed by atoms with van der Waals surface area (Å²) >= 11 is 5.95. The number of fused-ring (bicyclic) bond motifs is 1. The zero-order chi connectivity index (χ0) is 19.6. The van der Waals surface area contributed by atoms with Crippen LogP contribution < -0.4 is 15.0 Å². The van der Waals surface area contributed by atoms with E-state index in [9.17, 15) is 9.59 Å². The fourth-order valence-corrected chi connectivity index (χ4v) is 3.06. The summed E-state index contributed by atoms with van der Waals surface area (Å²) in [5.41, 5.74) is 0.957. The van der Waals surface area contributed by atoms with Crippen molar-refractivity contribution in [3.05, 3.63) is 65.7 Å². The molecule has 0 aliphatic carbocycles. The molecule has 0 fully saturated rings. The number of halogens is 1. The number of hydrogen-bond acceptors (Lipinski definition) is 3. The molecule has 1 N–H and O–H groups in total. The van der Waals surface area contributed by atoms with Crippen LogP contribution in [-0.4, -0.2) is 25.0 Å². The van der Waals surface area contributed by atoms with Crippen molar-refractivity contribution in [2.75, 3.05) is 23.4 Å². The van der Waals surface area contributed by atoms with Gasteiger partial charge in [-0.1, -0.05) is 23.7 Å². The Bertz CT molecular complexity index is 908. The fraction of sp³-hybridized carbons (Fsp3) is 0.238. The molecule has 5 nitrogen and oxygen atoms in total. The number of nitrogens with zero attached hydrogens (tertiary/aromatic N) is 1. The van der Waals surface area contributed by atoms with E-state index < -0.39 is 5.41 Å². The van der Waals surface area contributed by atoms with Crippen LogP contribution in [-0.2, 0) is 4.79 Å². The summed E-state index contributed by atoms with van der Waals surface area (Å²) in [5, 5.41) is 3.33. The number of nitrogens with one attached hydrogen (secondary N) is 1. The zero-order valence-corrected chi connectivity index (χ0v) is 16.0. The number of carbonyl (C=O) groups is 2. The predicted octanol–water partition coefficient (Wildman–Crippen LogP) is 4.53. The molecule has 0 saturated carbocycles. The second-order valence-corrected chi connectivity index (χ2v) is 7.46. The smallest absolute Gasteiger partial charge is 0.255 e. The Morgan fingerprint density at radius 1 is 1.33 bits per heavy atom. The molecule has 2 amide bonds. The number of hydrogen-bond donors (Lipinski definition) is 1. The Kier molecular flexibility index (Phi) is 5.24. The van der Waals surface area contributed by atoms with Crippen LogP contribution in [0.1, 0.15) is 24.2 Å². The van der Waals surface area contributed by atoms with Crippen LogP contribution in [0, 0.1) is 5.41 Å². The van der Waals surface area contributed by atoms with Gasteiger partial charge in [-0.25, -0.2) is 0 Å². The number of carbonyl (C=O) groups excluding carboxylic acids is 2. The van der Waals surface area contributed by atoms with E-state index in [1.165, 1.54) is 0 Å². The minimum atomic E-state index is -0.660. The van der Waals surface area contributed by atoms with Crippen molar-refractivity contribution >= 4 is 34.8 Å². The van der Waals surface area contributed by atoms with Crippen LogP contribution in [0.5, 0.6) is 5.75 Å². The van der Waals surface area contributed by atoms with Crippen LogP contribution in [0.2, 0.25) is 5.02 Å². The van der Waals surface area contributed by atoms with E-state index in [0.717, 1.165) is 0 Å². The van der Waals surface area contributed by atoms with Gasteiger partial charge >= 0.3 is 0 Å². The quantitative estimate of drug-likeness (QED) is 0.788. The van der Waals surface area contributed by atoms with Crippen molar-refractivity contribution in [3.8, 4) is 5.75 Å². The maximum Gasteiger partial charge on any atom is 0.255 e. The van der Waals surface area contributed by atoms with E-state index in [0.29, 0.717) is 34.3 Å². The molecule has 1 aliphatic rings. The molecule has 0 spiro atoms. The first-order valence-electron chi connectivity index (χ1n) is 8.58. The summed E-state index contributed by atoms with van der Waals surface area (Å²) < 4.78 is 5.84. The minimum Gasteiger partial charge on any atom is -0.490 e. The van der Waals surface area contributed by atoms with Crippen molar-refractivity contribution < 1.29 is 14.3 Å². The topological polar surface area (TPSA) is 58.6 Å². The van der Waals surface area contributed by atoms with Gasteiger partial charge in [0.05, 0.1) is 11.1 Å². The summed E-state index contributed by atoms with van der Waals surface area (Å²) in [6, 6.07) is 11.9. The highest BCUT2D eigenvalue weighted by atomic mass is 35.5. The highest BCUT2D eigenvalue weighted by Gasteiger charge is 2.37. The molecule has 0 atom stereocenters. The van der Waals surface area contributed by atoms with Crippen LogP contribution in [0.3, 0.4) is 0 Å². The lowest BCUT2D eigenvalue weighted by atomic mass is 9.93. The van der Waals surface area contributed by atoms with Gasteiger partial charge in [0.15, 0.2) is 0 Å². The number of benzene rings is 2. The number of rotatable bonds is 4. The monoisotopic (exact) mass is 384 g/mol. The summed E-state index contributed by atoms with van der Waals surface area (Å²) in [4.78, 5) is 27.0. The van der Waals surface area contributed by atoms with Crippen LogP contribution in [0.25, 0.3) is 0 Å². The molecule has 140 valence electrons. The van der Waals surface area contributed by atoms with E-state index in [4.69, 9.17) is 16.3 Å². The van der Waals surface area contributed by atoms with Gasteiger partial charge < -0.3 is 15.0 Å². The molecule has 27 heavy (non-hydrogen) atoms. The molecule has 0 aromatic heterocycles. The maximum absolute atomic E-state index is 12.9. The Labute approximate surface area is 163 Å². The zero-order valence-electron chi connectivity index (χ0n) is 15.3. The van der Waals surface area contributed by atoms with E-state index in [1.807, 2.05) is 13.8 Å². The molecule has 1 aliphatic heterocycles. The summed E-state index contributed by atoms with van der Waals surface area (Å²) in [6.07, 6.45) is 1.67. The van der Waals surface area contributed by atoms with E-state index >= 15 is 0 Å². The second-order valence-electron chi connectivity index (χ2n) is 7.02. The molecule has 1 heterocycles. The van der Waals surface area contributed by atoms with Gasteiger partial charge in [0, 0.05) is 22.8 Å². The molecule has 0 radical (unpaired) electrons. The summed E-state index contributed by atoms with van der Waals surface area (Å²) in [5.74, 6) is 0.255. The molecular weight excluding hydrogens is 364 g/mol. The predicted molar refractivity (Wildman–Crippen MR) is 108 cm³/mol. The second kappa shape index (κ2) is 7.45. The SMILES string of the molecule is C=CCN1C(=O)C(C)(C)COc2ccc(NC(=O)c3cccc(Cl)c3)cc21. The molecule has 0 unspecified atom stereocenters. The molecule has 0 bridgehead atoms. The third-order valence-electron chi connectivity index (χ3n) is 4.32. The fourth-order valence-electron chi connectivity index (χ4n) is 2.87. The van der Waals surface area contributed by atoms with E-state index in [-0.39, 0.29) is 18.4 Å². The Morgan fingerprint density at radius 3 is 2.81 bits per heavy atom. The van der Waals surface area contributed by atoms with Crippen molar-refractivity contribution in [2.45, 2.75) is 13.8 Å². The van der Waals surface area contributed by atoms with Gasteiger partial charge in [-0.15, -0.1) is 6.58 Å². The lowest BCUT2D eigenvalue weighted by molar-refractivity contribution is -0.127. The van der Waals surface area contributed by atoms with Gasteiger partial charge in [-0.3, -0.25) is 9.59 Å². The normalized spacial score (nSPS) is 15.4. The van der Waals surface area contributed by atoms with Gasteiger partial charge in [0.25, 0.3) is 5.91 Å². The third kappa shape index (κ3) is 3.98. The van der Waals surface area contributed by atoms with Crippen LogP contribution >= 0.6 is 11.6 Å². The largest absolute Gasteiger partial charge is 0.490 e. The number of anilines is 2. The molecular formula is C21H21ClN2O3. The van der Waals surface area contributed by atoms with Gasteiger partial charge in [0.2, 0.25) is 5.91 Å². The van der Waals surface area contributed by atoms with E-state index in [2.05, 4.69) is 11.9 Å². The standard InChI is InChI=1S/C21H21ClN2O3/c1-4-10-24-17-12-16(23-19(25)14-6-5-7-15(22)11-14)8-9-18(17)27-13-21(2,3)20(24)26/h4-9,11-12H,1,10,13H2,2-3H3,(H,23,25). The molecule has 2 aromatic carbocycles. The van der Waals surface area contributed by atoms with Crippen molar-refractivity contribution in [1.82, 2.24) is 0 Å². The highest BCUT2D eigenvalue weighted by molar-refractivity contribution is 6.31. The van der Waals surface area contributed by atoms with Crippen LogP contribution in [0.15, 0.2) is 55.1 Å². The Hall–Kier alpha value is -2.79. The average molecular weight is 385 g/mol. The third-order valence-corrected chi connectivity index (χ3v) is 4.55. The number of amides is 2. The van der Waals surface area contributed by atoms with Crippen molar-refractivity contribution in [1.29, 1.82) is 0 Å². The molecule has 6 heteroatoms. The first-order valence-corrected chi connectivity index (χ1v) is 8.96. The van der Waals surface area contributed by atoms with Gasteiger partial charge in [0.1, 0.15) is 12.4 Å². The average Bonchev–Trinajstić information content (AvgIpc) is 2.72. The Morgan fingerprint density at radius 2 is 2.11 bits per heavy atom. The van der Waals surface area contributed by atoms with Gasteiger partial charge in [-0.2, -0.15) is 0 Å². The minimum absolute atomic E-state index is 0.0560. The first kappa shape index (κ1) is 19.0. The molecule has 3 rings (SSSR count). The Balaban J connectivity index is 1.93. The lowest BCUT2D eigenvalue weighted by Crippen LogP contribution is -2.42. The van der Waals surface area contributed by atoms with Crippen molar-refractivity contribution in [3.63, 3.8) is 0 Å². The summed E-state index contributed by atoms with van der Waals surface area (Å²) in [6.45, 7) is 8.06. The molecule has 0 saturated heterocycles. The summed E-state index contributed by atoms with van der Waals surface area (Å²) in [7, 11) is 0. The highest BCUT2D eigenvalue weighted by Crippen LogP contribution is 2.38. The molecule has 2 aromatic rings. The van der Waals surface area contributed by atoms with Gasteiger partial charge in [-0.05, 0) is 50.2 Å². The van der Waals surface area contributed by atoms with E-state index in [1.54, 1.807) is 53.4 Å². The van der Waals surface area contributed by atoms with Crippen molar-refractivity contribution in [2.24, 2.45) is 5.41 Å². The number of ether oxygens (including phenoxy) is 1. The maximum atomic E-state index is 12.9.